The van der Waals surface area contributed by atoms with Gasteiger partial charge in [0.05, 0.1) is 56.6 Å². The molecule has 1 aromatic heterocycles. The van der Waals surface area contributed by atoms with Crippen molar-refractivity contribution in [3.05, 3.63) is 208 Å². The maximum atomic E-state index is 16.7. The van der Waals surface area contributed by atoms with Crippen molar-refractivity contribution in [1.82, 2.24) is 56.5 Å². The van der Waals surface area contributed by atoms with Crippen LogP contribution in [0.2, 0.25) is 0 Å². The Kier molecular flexibility index (Phi) is 32.6. The molecule has 131 heavy (non-hydrogen) atoms. The Morgan fingerprint density at radius 3 is 2.09 bits per heavy atom. The predicted octanol–water partition coefficient (Wildman–Crippen LogP) is 10.2. The number of esters is 1. The van der Waals surface area contributed by atoms with Crippen LogP contribution in [0.3, 0.4) is 0 Å². The number of aryl methyl sites for hydroxylation is 1. The van der Waals surface area contributed by atoms with Crippen molar-refractivity contribution < 1.29 is 95.1 Å². The topological polar surface area (TPSA) is 376 Å². The Bertz CT molecular complexity index is 5330. The lowest BCUT2D eigenvalue weighted by atomic mass is 9.88. The van der Waals surface area contributed by atoms with E-state index in [0.29, 0.717) is 84.0 Å². The molecule has 7 aromatic rings. The summed E-state index contributed by atoms with van der Waals surface area (Å²) in [6, 6.07) is 31.7. The zero-order valence-electron chi connectivity index (χ0n) is 76.5. The normalized spacial score (nSPS) is 21.5. The molecule has 30 nitrogen and oxygen atoms in total. The third-order valence-corrected chi connectivity index (χ3v) is 24.7. The van der Waals surface area contributed by atoms with Gasteiger partial charge in [-0.15, -0.1) is 0 Å². The van der Waals surface area contributed by atoms with E-state index in [4.69, 9.17) is 28.4 Å². The van der Waals surface area contributed by atoms with E-state index in [1.165, 1.54) is 43.1 Å². The Labute approximate surface area is 763 Å². The van der Waals surface area contributed by atoms with Crippen LogP contribution in [-0.4, -0.2) is 215 Å². The molecule has 6 aliphatic rings. The average Bonchev–Trinajstić information content (AvgIpc) is 1.60. The van der Waals surface area contributed by atoms with E-state index in [0.717, 1.165) is 33.4 Å². The third-order valence-electron chi connectivity index (χ3n) is 24.7. The Morgan fingerprint density at radius 2 is 1.39 bits per heavy atom. The second-order valence-corrected chi connectivity index (χ2v) is 36.7. The Hall–Kier alpha value is -12.6. The van der Waals surface area contributed by atoms with E-state index in [1.54, 1.807) is 121 Å². The van der Waals surface area contributed by atoms with Crippen LogP contribution >= 0.6 is 0 Å². The molecular formula is C100H122FN11O19. The van der Waals surface area contributed by atoms with Gasteiger partial charge in [-0.05, 0) is 206 Å². The number of carbonyl (C=O) groups is 13. The third kappa shape index (κ3) is 25.7. The second kappa shape index (κ2) is 43.9. The molecule has 10 bridgehead atoms. The largest absolute Gasteiger partial charge is 0.497 e. The first-order valence-electron chi connectivity index (χ1n) is 45.1. The number of aromatic nitrogens is 1. The number of benzene rings is 6. The number of rotatable bonds is 17. The highest BCUT2D eigenvalue weighted by Gasteiger charge is 2.50. The van der Waals surface area contributed by atoms with E-state index in [9.17, 15) is 33.6 Å². The number of ketones is 2. The lowest BCUT2D eigenvalue weighted by Gasteiger charge is -2.37. The number of nitrogens with zero attached hydrogens (tertiary/aromatic N) is 4. The van der Waals surface area contributed by atoms with Crippen molar-refractivity contribution in [3.63, 3.8) is 0 Å². The number of nitrogens with one attached hydrogen (secondary N) is 7. The summed E-state index contributed by atoms with van der Waals surface area (Å²) in [6.07, 6.45) is 2.20. The molecule has 0 unspecified atom stereocenters. The number of allylic oxidation sites excluding steroid dienone is 2. The zero-order valence-corrected chi connectivity index (χ0v) is 76.5. The summed E-state index contributed by atoms with van der Waals surface area (Å²) in [7, 11) is 2.77. The number of alkyl carbamates (subject to hydrolysis) is 2. The summed E-state index contributed by atoms with van der Waals surface area (Å²) in [4.78, 5) is 198. The average molecular weight is 1800 g/mol. The van der Waals surface area contributed by atoms with Crippen LogP contribution in [0, 0.1) is 11.7 Å². The lowest BCUT2D eigenvalue weighted by Crippen LogP contribution is -2.63. The van der Waals surface area contributed by atoms with E-state index in [1.807, 2.05) is 89.5 Å². The number of hydrogen-bond donors (Lipinski definition) is 7. The lowest BCUT2D eigenvalue weighted by molar-refractivity contribution is -0.150. The van der Waals surface area contributed by atoms with Gasteiger partial charge in [0.1, 0.15) is 60.6 Å². The molecule has 10 atom stereocenters. The summed E-state index contributed by atoms with van der Waals surface area (Å²) >= 11 is 0. The minimum Gasteiger partial charge on any atom is -0.497 e. The molecule has 10 amide bonds. The highest BCUT2D eigenvalue weighted by Crippen LogP contribution is 2.45. The van der Waals surface area contributed by atoms with Crippen molar-refractivity contribution in [1.29, 1.82) is 0 Å². The number of amides is 10. The molecule has 0 spiro atoms. The molecule has 31 heteroatoms. The summed E-state index contributed by atoms with van der Waals surface area (Å²) in [6.45, 7) is 14.0. The minimum atomic E-state index is -1.72. The zero-order chi connectivity index (χ0) is 94.0. The Morgan fingerprint density at radius 1 is 0.679 bits per heavy atom. The van der Waals surface area contributed by atoms with Gasteiger partial charge in [0.2, 0.25) is 47.3 Å². The molecule has 0 saturated carbocycles. The van der Waals surface area contributed by atoms with E-state index < -0.39 is 162 Å². The molecule has 698 valence electrons. The molecule has 6 heterocycles. The first-order chi connectivity index (χ1) is 62.5. The molecule has 13 rings (SSSR count). The summed E-state index contributed by atoms with van der Waals surface area (Å²) in [5.74, 6) is -9.53. The first kappa shape index (κ1) is 97.4. The maximum absolute atomic E-state index is 16.7. The fourth-order valence-electron chi connectivity index (χ4n) is 18.0. The number of hydrogen-bond acceptors (Lipinski definition) is 19. The molecule has 2 fully saturated rings. The quantitative estimate of drug-likeness (QED) is 0.0253. The Balaban J connectivity index is 0.916. The van der Waals surface area contributed by atoms with Gasteiger partial charge >= 0.3 is 18.2 Å². The number of Topliss-reactive ketones (excluding diaryl/α,β-unsaturated/α-hetero) is 2. The first-order valence-corrected chi connectivity index (χ1v) is 45.1. The number of methoxy groups -OCH3 is 2. The monoisotopic (exact) mass is 1800 g/mol. The van der Waals surface area contributed by atoms with Gasteiger partial charge in [0.25, 0.3) is 0 Å². The highest BCUT2D eigenvalue weighted by atomic mass is 19.1. The van der Waals surface area contributed by atoms with Gasteiger partial charge in [-0.1, -0.05) is 121 Å². The molecule has 7 N–H and O–H groups in total. The van der Waals surface area contributed by atoms with Crippen molar-refractivity contribution in [3.8, 4) is 16.9 Å². The van der Waals surface area contributed by atoms with Crippen LogP contribution in [0.4, 0.5) is 14.0 Å². The van der Waals surface area contributed by atoms with E-state index in [-0.39, 0.29) is 102 Å². The minimum absolute atomic E-state index is 0.0895. The smallest absolute Gasteiger partial charge is 0.407 e. The van der Waals surface area contributed by atoms with Crippen molar-refractivity contribution in [2.75, 3.05) is 53.6 Å². The van der Waals surface area contributed by atoms with Crippen LogP contribution in [0.5, 0.6) is 5.75 Å². The molecule has 2 saturated heterocycles. The van der Waals surface area contributed by atoms with Crippen molar-refractivity contribution in [2.24, 2.45) is 5.92 Å². The highest BCUT2D eigenvalue weighted by molar-refractivity contribution is 6.00. The number of fused-ring (bicyclic) bond motifs is 23. The van der Waals surface area contributed by atoms with Crippen LogP contribution in [0.25, 0.3) is 22.0 Å². The van der Waals surface area contributed by atoms with E-state index >= 15 is 33.2 Å². The fourth-order valence-corrected chi connectivity index (χ4v) is 18.0. The molecule has 5 aliphatic heterocycles. The van der Waals surface area contributed by atoms with Crippen LogP contribution in [0.15, 0.2) is 158 Å². The molecule has 1 aliphatic carbocycles. The maximum Gasteiger partial charge on any atom is 0.407 e. The standard InChI is InChI=1S/C100H122FN11O19/c1-61(104-97(125)129-59-77-74-28-16-14-26-72(74)73-27-15-17-29-75(73)77)90(118)107-80(56-103-96(124)131-99(6,7)8)91(119)105-78-51-66-24-20-25-67(49-66)55-102-85(115)60-128-83-43-48-111-89(83)93(121)108-88(62(2)130-98(3,4)5)92(120)106-79(50-64-35-38-71(126-10)39-36-64)95(123)112-47-22-44-100(112,9)84(114)30-21-23-63-31-33-65(34-32-63)57-110(86(116)41-42-87(117)127-11)46-19-13-12-18-45-109-58-69(52-68(94(111)122)53-82(78)113)76-54-70(101)37-40-81(76)109/h12,14-18,20,24-29,31-40,49,54,58,61-62,68,77-80,83,88-89H,13,19,21-23,30,41-48,50-53,55-57,59-60H2,1-11H3,(H,102,115)(H,103,124)(H,104,125)(H,105,119)(H,106,120)(H,107,118)(H,108,121)/t61-,62+,68+,78-,79-,80+,83-,88-,89-,100-/m0/s1. The second-order valence-electron chi connectivity index (χ2n) is 36.7. The SMILES string of the molecule is COC(=O)CCC(=O)N1CCCC=CCn2cc(c3cc(F)ccc32)C[C@@H]2CC(=O)[C@@H](NC(=O)[C@@H](CNC(=O)OC(C)(C)C)NC(=O)[C@H](C)NC(=O)OCC3c4ccccc4-c4ccccc43)Cc3cccc(c3)CNC(=O)CO[C@H]3CCN(C2=O)[C@@H]3C(=O)N[C@@H]([C@@H](C)OC(C)(C)C)C(=O)N[C@@H](Cc2ccc(OC)cc2)C(=O)N2CCC[C@@]2(C)C(=O)CCCc2ccc(cc2)C1. The molecular weight excluding hydrogens is 1680 g/mol. The van der Waals surface area contributed by atoms with Gasteiger partial charge in [0.15, 0.2) is 11.6 Å². The van der Waals surface area contributed by atoms with E-state index in [2.05, 4.69) is 37.2 Å². The van der Waals surface area contributed by atoms with Gasteiger partial charge in [-0.25, -0.2) is 14.0 Å². The van der Waals surface area contributed by atoms with Crippen LogP contribution in [-0.2, 0) is 122 Å². The van der Waals surface area contributed by atoms with Gasteiger partial charge < -0.3 is 84.9 Å². The fraction of sp³-hybridized carbons (Fsp3) is 0.470. The van der Waals surface area contributed by atoms with Gasteiger partial charge in [0, 0.05) is 93.9 Å². The number of halogens is 1. The van der Waals surface area contributed by atoms with Crippen molar-refractivity contribution in [2.45, 2.75) is 243 Å². The summed E-state index contributed by atoms with van der Waals surface area (Å²) < 4.78 is 52.7. The van der Waals surface area contributed by atoms with Gasteiger partial charge in [-0.2, -0.15) is 0 Å². The number of ether oxygens (including phenoxy) is 6. The summed E-state index contributed by atoms with van der Waals surface area (Å²) in [5.41, 5.74) is 4.80. The summed E-state index contributed by atoms with van der Waals surface area (Å²) in [5, 5.41) is 19.7. The molecule has 6 aromatic carbocycles. The van der Waals surface area contributed by atoms with Gasteiger partial charge in [-0.3, -0.25) is 52.7 Å². The van der Waals surface area contributed by atoms with Crippen LogP contribution in [0.1, 0.15) is 177 Å². The number of carbonyl (C=O) groups excluding carboxylic acids is 13. The molecule has 0 radical (unpaired) electrons. The predicted molar refractivity (Wildman–Crippen MR) is 486 cm³/mol. The van der Waals surface area contributed by atoms with Crippen LogP contribution < -0.4 is 42.0 Å². The van der Waals surface area contributed by atoms with Crippen molar-refractivity contribution >= 4 is 87.9 Å².